The van der Waals surface area contributed by atoms with Gasteiger partial charge in [0.1, 0.15) is 23.7 Å². The second-order valence-corrected chi connectivity index (χ2v) is 6.56. The third-order valence-electron chi connectivity index (χ3n) is 5.56. The number of benzene rings is 1. The second kappa shape index (κ2) is 6.22. The number of carbonyl (C=O) groups excluding carboxylic acids is 3. The summed E-state index contributed by atoms with van der Waals surface area (Å²) < 4.78 is 18.7. The van der Waals surface area contributed by atoms with Gasteiger partial charge in [-0.25, -0.2) is 9.18 Å². The lowest BCUT2D eigenvalue weighted by atomic mass is 9.78. The van der Waals surface area contributed by atoms with Crippen LogP contribution in [0.2, 0.25) is 0 Å². The molecule has 134 valence electrons. The summed E-state index contributed by atoms with van der Waals surface area (Å²) in [5.41, 5.74) is -0.582. The van der Waals surface area contributed by atoms with Gasteiger partial charge in [-0.05, 0) is 19.1 Å². The van der Waals surface area contributed by atoms with Crippen LogP contribution in [0.4, 0.5) is 4.39 Å². The topological polar surface area (TPSA) is 80.3 Å². The largest absolute Gasteiger partial charge is 0.464 e. The highest BCUT2D eigenvalue weighted by Gasteiger charge is 2.71. The van der Waals surface area contributed by atoms with E-state index in [-0.39, 0.29) is 18.4 Å². The van der Waals surface area contributed by atoms with E-state index in [4.69, 9.17) is 4.74 Å². The van der Waals surface area contributed by atoms with Crippen molar-refractivity contribution in [1.29, 1.82) is 0 Å². The van der Waals surface area contributed by atoms with Crippen molar-refractivity contribution in [3.63, 3.8) is 0 Å². The standard InChI is InChI=1S/C18H21FN2O4/c1-4-18(17(24)25-3)13-12(15(22)21(5-2)16(13)23)14(20-18)10-7-6-8-11(19)9-10/h6-9,12-14,20H,4-5H2,1-3H3/p+1/t12-,13+,14-,18-/m0/s1. The van der Waals surface area contributed by atoms with Gasteiger partial charge in [0, 0.05) is 18.5 Å². The number of imide groups is 1. The first-order valence-corrected chi connectivity index (χ1v) is 8.46. The van der Waals surface area contributed by atoms with E-state index >= 15 is 0 Å². The van der Waals surface area contributed by atoms with Crippen LogP contribution in [0.1, 0.15) is 31.9 Å². The fourth-order valence-corrected chi connectivity index (χ4v) is 4.38. The van der Waals surface area contributed by atoms with E-state index in [0.717, 1.165) is 0 Å². The molecule has 2 heterocycles. The minimum absolute atomic E-state index is 0.251. The molecule has 1 aromatic rings. The van der Waals surface area contributed by atoms with Crippen molar-refractivity contribution < 1.29 is 28.8 Å². The van der Waals surface area contributed by atoms with Gasteiger partial charge in [-0.15, -0.1) is 0 Å². The van der Waals surface area contributed by atoms with Crippen LogP contribution in [0.3, 0.4) is 0 Å². The Kier molecular flexibility index (Phi) is 4.36. The zero-order valence-electron chi connectivity index (χ0n) is 14.5. The maximum atomic E-state index is 13.7. The van der Waals surface area contributed by atoms with Gasteiger partial charge in [-0.1, -0.05) is 19.1 Å². The molecule has 0 spiro atoms. The average molecular weight is 349 g/mol. The predicted octanol–water partition coefficient (Wildman–Crippen LogP) is 0.387. The molecule has 0 bridgehead atoms. The molecule has 3 rings (SSSR count). The van der Waals surface area contributed by atoms with Gasteiger partial charge in [0.25, 0.3) is 0 Å². The number of ether oxygens (including phenoxy) is 1. The van der Waals surface area contributed by atoms with Crippen molar-refractivity contribution in [2.75, 3.05) is 13.7 Å². The molecule has 2 amide bonds. The highest BCUT2D eigenvalue weighted by molar-refractivity contribution is 6.08. The Labute approximate surface area is 145 Å². The first-order chi connectivity index (χ1) is 11.9. The molecule has 0 saturated carbocycles. The molecule has 2 saturated heterocycles. The number of rotatable bonds is 4. The Balaban J connectivity index is 2.15. The van der Waals surface area contributed by atoms with E-state index in [9.17, 15) is 18.8 Å². The lowest BCUT2D eigenvalue weighted by Crippen LogP contribution is -2.98. The summed E-state index contributed by atoms with van der Waals surface area (Å²) in [7, 11) is 1.27. The fourth-order valence-electron chi connectivity index (χ4n) is 4.38. The number of nitrogens with zero attached hydrogens (tertiary/aromatic N) is 1. The van der Waals surface area contributed by atoms with Gasteiger partial charge in [-0.2, -0.15) is 0 Å². The van der Waals surface area contributed by atoms with E-state index in [1.807, 2.05) is 0 Å². The molecule has 6 nitrogen and oxygen atoms in total. The molecule has 2 fully saturated rings. The van der Waals surface area contributed by atoms with Crippen molar-refractivity contribution >= 4 is 17.8 Å². The number of esters is 1. The summed E-state index contributed by atoms with van der Waals surface area (Å²) in [4.78, 5) is 39.5. The third kappa shape index (κ3) is 2.37. The van der Waals surface area contributed by atoms with E-state index in [0.29, 0.717) is 12.0 Å². The van der Waals surface area contributed by atoms with Gasteiger partial charge >= 0.3 is 5.97 Å². The summed E-state index contributed by atoms with van der Waals surface area (Å²) in [6, 6.07) is 5.46. The number of nitrogens with two attached hydrogens (primary N) is 1. The molecule has 0 unspecified atom stereocenters. The first-order valence-electron chi connectivity index (χ1n) is 8.46. The van der Waals surface area contributed by atoms with Crippen LogP contribution in [-0.4, -0.2) is 41.9 Å². The highest BCUT2D eigenvalue weighted by atomic mass is 19.1. The Morgan fingerprint density at radius 2 is 2.04 bits per heavy atom. The van der Waals surface area contributed by atoms with E-state index < -0.39 is 35.2 Å². The maximum absolute atomic E-state index is 13.7. The monoisotopic (exact) mass is 349 g/mol. The lowest BCUT2D eigenvalue weighted by Gasteiger charge is -2.27. The zero-order valence-corrected chi connectivity index (χ0v) is 14.5. The number of carbonyl (C=O) groups is 3. The molecule has 2 aliphatic heterocycles. The molecule has 2 N–H and O–H groups in total. The summed E-state index contributed by atoms with van der Waals surface area (Å²) in [5.74, 6) is -3.09. The van der Waals surface area contributed by atoms with Crippen LogP contribution in [0.5, 0.6) is 0 Å². The maximum Gasteiger partial charge on any atom is 0.368 e. The van der Waals surface area contributed by atoms with Crippen LogP contribution in [0.15, 0.2) is 24.3 Å². The Bertz CT molecular complexity index is 738. The summed E-state index contributed by atoms with van der Waals surface area (Å²) >= 11 is 0. The molecule has 0 aliphatic carbocycles. The number of hydrogen-bond donors (Lipinski definition) is 1. The number of hydrogen-bond acceptors (Lipinski definition) is 4. The van der Waals surface area contributed by atoms with Gasteiger partial charge in [-0.3, -0.25) is 14.5 Å². The number of methoxy groups -OCH3 is 1. The molecule has 2 aliphatic rings. The average Bonchev–Trinajstić information content (AvgIpc) is 3.09. The van der Waals surface area contributed by atoms with Crippen LogP contribution in [0, 0.1) is 17.7 Å². The van der Waals surface area contributed by atoms with E-state index in [2.05, 4.69) is 0 Å². The Morgan fingerprint density at radius 1 is 1.32 bits per heavy atom. The van der Waals surface area contributed by atoms with Gasteiger partial charge in [0.15, 0.2) is 0 Å². The van der Waals surface area contributed by atoms with Crippen molar-refractivity contribution in [2.24, 2.45) is 11.8 Å². The minimum atomic E-state index is -1.17. The van der Waals surface area contributed by atoms with Crippen molar-refractivity contribution in [3.05, 3.63) is 35.6 Å². The molecule has 0 radical (unpaired) electrons. The van der Waals surface area contributed by atoms with Crippen LogP contribution >= 0.6 is 0 Å². The summed E-state index contributed by atoms with van der Waals surface area (Å²) in [6.07, 6.45) is 0.337. The van der Waals surface area contributed by atoms with E-state index in [1.54, 1.807) is 31.3 Å². The number of likely N-dealkylation sites (tertiary alicyclic amines) is 1. The molecule has 0 aromatic heterocycles. The molecule has 1 aromatic carbocycles. The molecule has 25 heavy (non-hydrogen) atoms. The SMILES string of the molecule is CCN1C(=O)[C@@H]2[C@H](c3cccc(F)c3)[NH2+][C@](CC)(C(=O)OC)[C@H]2C1=O. The summed E-state index contributed by atoms with van der Waals surface area (Å²) in [5, 5.41) is 1.73. The van der Waals surface area contributed by atoms with Gasteiger partial charge in [0.2, 0.25) is 17.4 Å². The number of quaternary nitrogens is 1. The smallest absolute Gasteiger partial charge is 0.368 e. The van der Waals surface area contributed by atoms with Crippen LogP contribution in [-0.2, 0) is 19.1 Å². The lowest BCUT2D eigenvalue weighted by molar-refractivity contribution is -0.734. The zero-order chi connectivity index (χ0) is 18.4. The molecule has 4 atom stereocenters. The number of halogens is 1. The normalized spacial score (nSPS) is 31.4. The fraction of sp³-hybridized carbons (Fsp3) is 0.500. The van der Waals surface area contributed by atoms with Crippen LogP contribution < -0.4 is 5.32 Å². The van der Waals surface area contributed by atoms with Gasteiger partial charge in [0.05, 0.1) is 7.11 Å². The third-order valence-corrected chi connectivity index (χ3v) is 5.56. The predicted molar refractivity (Wildman–Crippen MR) is 85.5 cm³/mol. The molecule has 7 heteroatoms. The quantitative estimate of drug-likeness (QED) is 0.630. The Morgan fingerprint density at radius 3 is 2.60 bits per heavy atom. The van der Waals surface area contributed by atoms with Crippen molar-refractivity contribution in [3.8, 4) is 0 Å². The second-order valence-electron chi connectivity index (χ2n) is 6.56. The van der Waals surface area contributed by atoms with Crippen molar-refractivity contribution in [1.82, 2.24) is 4.90 Å². The minimum Gasteiger partial charge on any atom is -0.464 e. The Hall–Kier alpha value is -2.28. The summed E-state index contributed by atoms with van der Waals surface area (Å²) in [6.45, 7) is 3.77. The highest BCUT2D eigenvalue weighted by Crippen LogP contribution is 2.45. The van der Waals surface area contributed by atoms with E-state index in [1.165, 1.54) is 24.1 Å². The molecular formula is C18H22FN2O4+. The number of fused-ring (bicyclic) bond motifs is 1. The van der Waals surface area contributed by atoms with Gasteiger partial charge < -0.3 is 10.1 Å². The first kappa shape index (κ1) is 17.5. The van der Waals surface area contributed by atoms with Crippen molar-refractivity contribution in [2.45, 2.75) is 31.8 Å². The number of amides is 2. The molecular weight excluding hydrogens is 327 g/mol. The van der Waals surface area contributed by atoms with Crippen LogP contribution in [0.25, 0.3) is 0 Å².